The number of nitrogens with one attached hydrogen (secondary N) is 1. The number of aromatic nitrogens is 1. The number of thiophene rings is 1. The highest BCUT2D eigenvalue weighted by molar-refractivity contribution is 7.17. The highest BCUT2D eigenvalue weighted by Crippen LogP contribution is 2.29. The van der Waals surface area contributed by atoms with Gasteiger partial charge in [-0.25, -0.2) is 9.78 Å². The molecule has 0 saturated carbocycles. The molecule has 0 radical (unpaired) electrons. The summed E-state index contributed by atoms with van der Waals surface area (Å²) in [6, 6.07) is 9.35. The van der Waals surface area contributed by atoms with Crippen LogP contribution in [-0.2, 0) is 9.53 Å². The van der Waals surface area contributed by atoms with E-state index in [0.717, 1.165) is 16.1 Å². The quantitative estimate of drug-likeness (QED) is 0.679. The normalized spacial score (nSPS) is 10.5. The molecule has 0 fully saturated rings. The fourth-order valence-electron chi connectivity index (χ4n) is 2.13. The number of thiazole rings is 1. The van der Waals surface area contributed by atoms with Crippen LogP contribution in [0.3, 0.4) is 0 Å². The van der Waals surface area contributed by atoms with Gasteiger partial charge in [-0.1, -0.05) is 17.7 Å². The third-order valence-electron chi connectivity index (χ3n) is 3.42. The molecule has 0 saturated heterocycles. The minimum Gasteiger partial charge on any atom is -0.451 e. The van der Waals surface area contributed by atoms with E-state index in [1.165, 1.54) is 11.3 Å². The van der Waals surface area contributed by atoms with Crippen LogP contribution in [0.4, 0.5) is 5.69 Å². The Balaban J connectivity index is 1.59. The zero-order valence-electron chi connectivity index (χ0n) is 13.7. The van der Waals surface area contributed by atoms with E-state index in [-0.39, 0.29) is 12.5 Å². The molecule has 0 aliphatic heterocycles. The summed E-state index contributed by atoms with van der Waals surface area (Å²) >= 11 is 2.84. The number of aryl methyl sites for hydroxylation is 2. The molecule has 0 spiro atoms. The van der Waals surface area contributed by atoms with E-state index >= 15 is 0 Å². The minimum absolute atomic E-state index is 0.335. The van der Waals surface area contributed by atoms with Gasteiger partial charge in [0.15, 0.2) is 6.61 Å². The number of benzene rings is 1. The first-order valence-electron chi connectivity index (χ1n) is 7.56. The van der Waals surface area contributed by atoms with E-state index in [9.17, 15) is 9.59 Å². The largest absolute Gasteiger partial charge is 0.451 e. The van der Waals surface area contributed by atoms with Crippen molar-refractivity contribution < 1.29 is 14.3 Å². The zero-order valence-corrected chi connectivity index (χ0v) is 15.4. The number of ether oxygens (including phenoxy) is 1. The number of carbonyl (C=O) groups excluding carboxylic acids is 2. The topological polar surface area (TPSA) is 68.3 Å². The molecule has 0 unspecified atom stereocenters. The van der Waals surface area contributed by atoms with Crippen molar-refractivity contribution in [3.05, 3.63) is 57.2 Å². The van der Waals surface area contributed by atoms with Crippen molar-refractivity contribution in [3.8, 4) is 10.6 Å². The molecule has 1 aromatic carbocycles. The first kappa shape index (κ1) is 17.3. The molecule has 128 valence electrons. The van der Waals surface area contributed by atoms with Crippen LogP contribution in [0.5, 0.6) is 0 Å². The third kappa shape index (κ3) is 4.32. The summed E-state index contributed by atoms with van der Waals surface area (Å²) in [7, 11) is 0. The smallest absolute Gasteiger partial charge is 0.350 e. The first-order chi connectivity index (χ1) is 12.0. The molecule has 2 aromatic heterocycles. The summed E-state index contributed by atoms with van der Waals surface area (Å²) < 4.78 is 5.12. The monoisotopic (exact) mass is 372 g/mol. The Hall–Kier alpha value is -2.51. The Morgan fingerprint density at radius 2 is 1.92 bits per heavy atom. The summed E-state index contributed by atoms with van der Waals surface area (Å²) in [6.07, 6.45) is 0. The maximum Gasteiger partial charge on any atom is 0.350 e. The Morgan fingerprint density at radius 1 is 1.16 bits per heavy atom. The van der Waals surface area contributed by atoms with Gasteiger partial charge >= 0.3 is 5.97 Å². The molecule has 2 heterocycles. The van der Waals surface area contributed by atoms with Crippen LogP contribution in [0.15, 0.2) is 41.1 Å². The van der Waals surface area contributed by atoms with Crippen LogP contribution >= 0.6 is 22.7 Å². The third-order valence-corrected chi connectivity index (χ3v) is 5.29. The molecular formula is C18H16N2O3S2. The van der Waals surface area contributed by atoms with Gasteiger partial charge in [0.2, 0.25) is 0 Å². The molecule has 3 aromatic rings. The first-order valence-corrected chi connectivity index (χ1v) is 9.32. The molecule has 0 atom stereocenters. The number of amides is 1. The standard InChI is InChI=1S/C18H16N2O3S2/c1-11-3-5-14(6-4-11)20-15(21)9-23-18(22)16-12(2)19-17(25-16)13-7-8-24-10-13/h3-8,10H,9H2,1-2H3,(H,20,21). The van der Waals surface area contributed by atoms with Crippen LogP contribution in [0.2, 0.25) is 0 Å². The average molecular weight is 372 g/mol. The van der Waals surface area contributed by atoms with Crippen molar-refractivity contribution in [2.24, 2.45) is 0 Å². The molecule has 7 heteroatoms. The van der Waals surface area contributed by atoms with E-state index in [1.54, 1.807) is 30.4 Å². The van der Waals surface area contributed by atoms with E-state index in [1.807, 2.05) is 35.9 Å². The van der Waals surface area contributed by atoms with Gasteiger partial charge in [-0.05, 0) is 37.4 Å². The SMILES string of the molecule is Cc1ccc(NC(=O)COC(=O)c2sc(-c3ccsc3)nc2C)cc1. The number of nitrogens with zero attached hydrogens (tertiary/aromatic N) is 1. The number of esters is 1. The van der Waals surface area contributed by atoms with Crippen molar-refractivity contribution in [2.75, 3.05) is 11.9 Å². The summed E-state index contributed by atoms with van der Waals surface area (Å²) in [5.74, 6) is -0.909. The molecule has 1 N–H and O–H groups in total. The minimum atomic E-state index is -0.532. The lowest BCUT2D eigenvalue weighted by molar-refractivity contribution is -0.119. The second-order valence-electron chi connectivity index (χ2n) is 5.44. The second-order valence-corrected chi connectivity index (χ2v) is 7.22. The lowest BCUT2D eigenvalue weighted by Gasteiger charge is -2.06. The zero-order chi connectivity index (χ0) is 17.8. The Morgan fingerprint density at radius 3 is 2.60 bits per heavy atom. The van der Waals surface area contributed by atoms with Crippen LogP contribution < -0.4 is 5.32 Å². The van der Waals surface area contributed by atoms with Crippen molar-refractivity contribution >= 4 is 40.2 Å². The molecule has 3 rings (SSSR count). The Kier molecular flexibility index (Phi) is 5.25. The van der Waals surface area contributed by atoms with Gasteiger partial charge in [-0.3, -0.25) is 4.79 Å². The summed E-state index contributed by atoms with van der Waals surface area (Å²) in [4.78, 5) is 29.0. The van der Waals surface area contributed by atoms with Crippen molar-refractivity contribution in [1.29, 1.82) is 0 Å². The van der Waals surface area contributed by atoms with Crippen LogP contribution in [0.25, 0.3) is 10.6 Å². The van der Waals surface area contributed by atoms with Gasteiger partial charge in [0, 0.05) is 16.6 Å². The summed E-state index contributed by atoms with van der Waals surface area (Å²) in [5.41, 5.74) is 3.36. The van der Waals surface area contributed by atoms with Crippen LogP contribution in [0.1, 0.15) is 20.9 Å². The predicted octanol–water partition coefficient (Wildman–Crippen LogP) is 4.28. The van der Waals surface area contributed by atoms with E-state index in [2.05, 4.69) is 10.3 Å². The molecular weight excluding hydrogens is 356 g/mol. The van der Waals surface area contributed by atoms with E-state index < -0.39 is 5.97 Å². The number of anilines is 1. The van der Waals surface area contributed by atoms with E-state index in [4.69, 9.17) is 4.74 Å². The van der Waals surface area contributed by atoms with Gasteiger partial charge < -0.3 is 10.1 Å². The van der Waals surface area contributed by atoms with Gasteiger partial charge in [0.25, 0.3) is 5.91 Å². The van der Waals surface area contributed by atoms with Crippen LogP contribution in [-0.4, -0.2) is 23.5 Å². The molecule has 1 amide bonds. The fourth-order valence-corrected chi connectivity index (χ4v) is 3.80. The number of hydrogen-bond acceptors (Lipinski definition) is 6. The molecule has 0 aliphatic carbocycles. The highest BCUT2D eigenvalue weighted by Gasteiger charge is 2.18. The number of rotatable bonds is 5. The molecule has 25 heavy (non-hydrogen) atoms. The van der Waals surface area contributed by atoms with Gasteiger partial charge in [0.1, 0.15) is 9.88 Å². The molecule has 0 aliphatic rings. The second kappa shape index (κ2) is 7.58. The van der Waals surface area contributed by atoms with Gasteiger partial charge in [-0.15, -0.1) is 11.3 Å². The van der Waals surface area contributed by atoms with Crippen molar-refractivity contribution in [1.82, 2.24) is 4.98 Å². The number of carbonyl (C=O) groups is 2. The molecule has 5 nitrogen and oxygen atoms in total. The lowest BCUT2D eigenvalue weighted by atomic mass is 10.2. The molecule has 0 bridgehead atoms. The predicted molar refractivity (Wildman–Crippen MR) is 100 cm³/mol. The van der Waals surface area contributed by atoms with E-state index in [0.29, 0.717) is 16.3 Å². The Labute approximate surface area is 153 Å². The van der Waals surface area contributed by atoms with Gasteiger partial charge in [0.05, 0.1) is 5.69 Å². The highest BCUT2D eigenvalue weighted by atomic mass is 32.1. The summed E-state index contributed by atoms with van der Waals surface area (Å²) in [6.45, 7) is 3.39. The van der Waals surface area contributed by atoms with Crippen LogP contribution in [0, 0.1) is 13.8 Å². The van der Waals surface area contributed by atoms with Gasteiger partial charge in [-0.2, -0.15) is 11.3 Å². The average Bonchev–Trinajstić information content (AvgIpc) is 3.24. The number of hydrogen-bond donors (Lipinski definition) is 1. The van der Waals surface area contributed by atoms with Crippen molar-refractivity contribution in [2.45, 2.75) is 13.8 Å². The maximum absolute atomic E-state index is 12.2. The maximum atomic E-state index is 12.2. The van der Waals surface area contributed by atoms with Crippen molar-refractivity contribution in [3.63, 3.8) is 0 Å². The Bertz CT molecular complexity index is 884. The lowest BCUT2D eigenvalue weighted by Crippen LogP contribution is -2.20. The summed E-state index contributed by atoms with van der Waals surface area (Å²) in [5, 5.41) is 7.40. The fraction of sp³-hybridized carbons (Fsp3) is 0.167.